The van der Waals surface area contributed by atoms with Crippen LogP contribution in [0.2, 0.25) is 0 Å². The van der Waals surface area contributed by atoms with Crippen LogP contribution in [0.5, 0.6) is 0 Å². The molecule has 1 aromatic heterocycles. The number of hydrogen-bond acceptors (Lipinski definition) is 3. The Balaban J connectivity index is 1.70. The van der Waals surface area contributed by atoms with Gasteiger partial charge in [-0.3, -0.25) is 9.59 Å². The van der Waals surface area contributed by atoms with Crippen LogP contribution in [0.3, 0.4) is 0 Å². The number of thiophene rings is 1. The van der Waals surface area contributed by atoms with E-state index in [0.717, 1.165) is 10.2 Å². The minimum absolute atomic E-state index is 0.0440. The molecule has 6 heteroatoms. The van der Waals surface area contributed by atoms with E-state index < -0.39 is 0 Å². The number of amides is 2. The summed E-state index contributed by atoms with van der Waals surface area (Å²) in [6, 6.07) is 4.07. The molecule has 2 amide bonds. The summed E-state index contributed by atoms with van der Waals surface area (Å²) in [5, 5.41) is 5.65. The van der Waals surface area contributed by atoms with E-state index in [1.165, 1.54) is 4.88 Å². The molecule has 1 fully saturated rings. The highest BCUT2D eigenvalue weighted by atomic mass is 79.9. The number of rotatable bonds is 4. The van der Waals surface area contributed by atoms with Gasteiger partial charge in [-0.2, -0.15) is 0 Å². The van der Waals surface area contributed by atoms with Crippen molar-refractivity contribution in [3.8, 4) is 0 Å². The average Bonchev–Trinajstić information content (AvgIpc) is 2.76. The maximum absolute atomic E-state index is 11.8. The van der Waals surface area contributed by atoms with Gasteiger partial charge in [0.15, 0.2) is 0 Å². The number of halogens is 1. The monoisotopic (exact) mass is 330 g/mol. The molecular weight excluding hydrogens is 316 g/mol. The molecule has 0 spiro atoms. The lowest BCUT2D eigenvalue weighted by molar-refractivity contribution is -0.128. The molecule has 0 aliphatic carbocycles. The predicted molar refractivity (Wildman–Crippen MR) is 74.5 cm³/mol. The zero-order valence-corrected chi connectivity index (χ0v) is 12.3. The minimum Gasteiger partial charge on any atom is -0.355 e. The summed E-state index contributed by atoms with van der Waals surface area (Å²) in [4.78, 5) is 24.1. The van der Waals surface area contributed by atoms with Gasteiger partial charge in [-0.05, 0) is 40.9 Å². The van der Waals surface area contributed by atoms with E-state index in [1.807, 2.05) is 6.07 Å². The molecule has 2 N–H and O–H groups in total. The summed E-state index contributed by atoms with van der Waals surface area (Å²) < 4.78 is 1.11. The van der Waals surface area contributed by atoms with Crippen LogP contribution in [0, 0.1) is 5.92 Å². The molecule has 1 atom stereocenters. The van der Waals surface area contributed by atoms with Crippen molar-refractivity contribution in [2.24, 2.45) is 5.92 Å². The molecule has 4 nitrogen and oxygen atoms in total. The third kappa shape index (κ3) is 3.81. The lowest BCUT2D eigenvalue weighted by Gasteiger charge is -2.21. The molecule has 1 aliphatic heterocycles. The highest BCUT2D eigenvalue weighted by Gasteiger charge is 2.23. The standard InChI is InChI=1S/C12H15BrN2O2S/c13-10-3-2-9(18-10)5-6-14-12(17)8-1-4-11(16)15-7-8/h2-3,8H,1,4-7H2,(H,14,17)(H,15,16). The van der Waals surface area contributed by atoms with Gasteiger partial charge in [0.2, 0.25) is 11.8 Å². The highest BCUT2D eigenvalue weighted by molar-refractivity contribution is 9.11. The van der Waals surface area contributed by atoms with Crippen LogP contribution < -0.4 is 10.6 Å². The number of carbonyl (C=O) groups excluding carboxylic acids is 2. The summed E-state index contributed by atoms with van der Waals surface area (Å²) in [5.41, 5.74) is 0. The Morgan fingerprint density at radius 3 is 3.00 bits per heavy atom. The van der Waals surface area contributed by atoms with Crippen molar-refractivity contribution < 1.29 is 9.59 Å². The first-order valence-electron chi connectivity index (χ1n) is 5.94. The van der Waals surface area contributed by atoms with E-state index in [1.54, 1.807) is 11.3 Å². The van der Waals surface area contributed by atoms with Crippen LogP contribution in [-0.4, -0.2) is 24.9 Å². The Morgan fingerprint density at radius 2 is 2.39 bits per heavy atom. The van der Waals surface area contributed by atoms with Gasteiger partial charge in [0, 0.05) is 24.4 Å². The van der Waals surface area contributed by atoms with E-state index in [0.29, 0.717) is 25.9 Å². The highest BCUT2D eigenvalue weighted by Crippen LogP contribution is 2.22. The van der Waals surface area contributed by atoms with Crippen molar-refractivity contribution in [1.82, 2.24) is 10.6 Å². The summed E-state index contributed by atoms with van der Waals surface area (Å²) >= 11 is 5.10. The molecular formula is C12H15BrN2O2S. The van der Waals surface area contributed by atoms with Gasteiger partial charge < -0.3 is 10.6 Å². The minimum atomic E-state index is -0.0715. The van der Waals surface area contributed by atoms with Gasteiger partial charge in [0.1, 0.15) is 0 Å². The zero-order chi connectivity index (χ0) is 13.0. The smallest absolute Gasteiger partial charge is 0.224 e. The van der Waals surface area contributed by atoms with Crippen LogP contribution in [0.1, 0.15) is 17.7 Å². The Hall–Kier alpha value is -0.880. The molecule has 1 unspecified atom stereocenters. The van der Waals surface area contributed by atoms with Gasteiger partial charge in [-0.25, -0.2) is 0 Å². The van der Waals surface area contributed by atoms with E-state index in [-0.39, 0.29) is 17.7 Å². The number of hydrogen-bond donors (Lipinski definition) is 2. The molecule has 0 aromatic carbocycles. The SMILES string of the molecule is O=C1CCC(C(=O)NCCc2ccc(Br)s2)CN1. The Morgan fingerprint density at radius 1 is 1.56 bits per heavy atom. The fraction of sp³-hybridized carbons (Fsp3) is 0.500. The molecule has 2 rings (SSSR count). The van der Waals surface area contributed by atoms with E-state index >= 15 is 0 Å². The molecule has 2 heterocycles. The zero-order valence-electron chi connectivity index (χ0n) is 9.87. The molecule has 0 saturated carbocycles. The summed E-state index contributed by atoms with van der Waals surface area (Å²) in [6.07, 6.45) is 1.96. The van der Waals surface area contributed by atoms with Crippen molar-refractivity contribution >= 4 is 39.1 Å². The van der Waals surface area contributed by atoms with Crippen LogP contribution in [0.25, 0.3) is 0 Å². The van der Waals surface area contributed by atoms with Gasteiger partial charge in [-0.15, -0.1) is 11.3 Å². The first kappa shape index (κ1) is 13.5. The lowest BCUT2D eigenvalue weighted by Crippen LogP contribution is -2.43. The van der Waals surface area contributed by atoms with E-state index in [9.17, 15) is 9.59 Å². The van der Waals surface area contributed by atoms with Gasteiger partial charge >= 0.3 is 0 Å². The maximum atomic E-state index is 11.8. The van der Waals surface area contributed by atoms with Crippen LogP contribution >= 0.6 is 27.3 Å². The lowest BCUT2D eigenvalue weighted by atomic mass is 9.98. The maximum Gasteiger partial charge on any atom is 0.224 e. The van der Waals surface area contributed by atoms with Gasteiger partial charge in [-0.1, -0.05) is 0 Å². The van der Waals surface area contributed by atoms with Crippen molar-refractivity contribution in [1.29, 1.82) is 0 Å². The van der Waals surface area contributed by atoms with E-state index in [4.69, 9.17) is 0 Å². The third-order valence-electron chi connectivity index (χ3n) is 2.94. The van der Waals surface area contributed by atoms with Crippen molar-refractivity contribution in [3.63, 3.8) is 0 Å². The topological polar surface area (TPSA) is 58.2 Å². The Bertz CT molecular complexity index is 437. The normalized spacial score (nSPS) is 19.4. The quantitative estimate of drug-likeness (QED) is 0.882. The fourth-order valence-electron chi connectivity index (χ4n) is 1.90. The van der Waals surface area contributed by atoms with E-state index in [2.05, 4.69) is 32.6 Å². The molecule has 18 heavy (non-hydrogen) atoms. The first-order chi connectivity index (χ1) is 8.65. The van der Waals surface area contributed by atoms with Crippen LogP contribution in [-0.2, 0) is 16.0 Å². The molecule has 1 aromatic rings. The molecule has 98 valence electrons. The molecule has 1 aliphatic rings. The Labute approximate surface area is 118 Å². The van der Waals surface area contributed by atoms with Gasteiger partial charge in [0.25, 0.3) is 0 Å². The fourth-order valence-corrected chi connectivity index (χ4v) is 3.38. The Kier molecular flexibility index (Phi) is 4.77. The number of nitrogens with one attached hydrogen (secondary N) is 2. The largest absolute Gasteiger partial charge is 0.355 e. The summed E-state index contributed by atoms with van der Waals surface area (Å²) in [6.45, 7) is 1.12. The second-order valence-corrected chi connectivity index (χ2v) is 6.83. The molecule has 0 bridgehead atoms. The second kappa shape index (κ2) is 6.33. The van der Waals surface area contributed by atoms with Crippen LogP contribution in [0.15, 0.2) is 15.9 Å². The van der Waals surface area contributed by atoms with Crippen molar-refractivity contribution in [2.75, 3.05) is 13.1 Å². The number of piperidine rings is 1. The molecule has 1 saturated heterocycles. The first-order valence-corrected chi connectivity index (χ1v) is 7.55. The predicted octanol–water partition coefficient (Wildman–Crippen LogP) is 1.70. The van der Waals surface area contributed by atoms with Crippen molar-refractivity contribution in [2.45, 2.75) is 19.3 Å². The summed E-state index contributed by atoms with van der Waals surface area (Å²) in [7, 11) is 0. The number of carbonyl (C=O) groups is 2. The summed E-state index contributed by atoms with van der Waals surface area (Å²) in [5.74, 6) is 0.0193. The van der Waals surface area contributed by atoms with Crippen molar-refractivity contribution in [3.05, 3.63) is 20.8 Å². The molecule has 0 radical (unpaired) electrons. The average molecular weight is 331 g/mol. The third-order valence-corrected chi connectivity index (χ3v) is 4.62. The van der Waals surface area contributed by atoms with Crippen LogP contribution in [0.4, 0.5) is 0 Å². The van der Waals surface area contributed by atoms with Gasteiger partial charge in [0.05, 0.1) is 9.70 Å². The second-order valence-electron chi connectivity index (χ2n) is 4.29.